The standard InChI is InChI=1S/C6H15NO3/c7-1-3-9-5-6-10-4-2-8/h8H,1-7H2/p+1. The molecule has 0 radical (unpaired) electrons. The zero-order valence-corrected chi connectivity index (χ0v) is 6.21. The zero-order chi connectivity index (χ0) is 7.66. The van der Waals surface area contributed by atoms with Crippen LogP contribution in [0, 0.1) is 0 Å². The van der Waals surface area contributed by atoms with Gasteiger partial charge in [-0.15, -0.1) is 0 Å². The van der Waals surface area contributed by atoms with Gasteiger partial charge in [0.15, 0.2) is 0 Å². The largest absolute Gasteiger partial charge is 0.394 e. The van der Waals surface area contributed by atoms with Crippen molar-refractivity contribution in [1.29, 1.82) is 0 Å². The van der Waals surface area contributed by atoms with Crippen molar-refractivity contribution in [1.82, 2.24) is 0 Å². The van der Waals surface area contributed by atoms with Crippen molar-refractivity contribution in [3.05, 3.63) is 0 Å². The highest BCUT2D eigenvalue weighted by molar-refractivity contribution is 4.29. The summed E-state index contributed by atoms with van der Waals surface area (Å²) >= 11 is 0. The van der Waals surface area contributed by atoms with Crippen molar-refractivity contribution >= 4 is 0 Å². The summed E-state index contributed by atoms with van der Waals surface area (Å²) in [5.41, 5.74) is 3.61. The Balaban J connectivity index is 2.65. The first-order valence-corrected chi connectivity index (χ1v) is 3.47. The van der Waals surface area contributed by atoms with Crippen LogP contribution >= 0.6 is 0 Å². The lowest BCUT2D eigenvalue weighted by molar-refractivity contribution is -0.374. The third-order valence-electron chi connectivity index (χ3n) is 0.896. The fourth-order valence-electron chi connectivity index (χ4n) is 0.489. The molecule has 0 unspecified atom stereocenters. The quantitative estimate of drug-likeness (QED) is 0.423. The van der Waals surface area contributed by atoms with Crippen LogP contribution in [-0.2, 0) is 9.47 Å². The molecule has 62 valence electrons. The maximum Gasteiger partial charge on any atom is 0.0977 e. The maximum absolute atomic E-state index is 8.29. The Morgan fingerprint density at radius 3 is 2.10 bits per heavy atom. The topological polar surface area (TPSA) is 66.3 Å². The Morgan fingerprint density at radius 1 is 1.00 bits per heavy atom. The second-order valence-electron chi connectivity index (χ2n) is 1.80. The molecule has 0 aromatic carbocycles. The van der Waals surface area contributed by atoms with Gasteiger partial charge in [0, 0.05) is 0 Å². The lowest BCUT2D eigenvalue weighted by Gasteiger charge is -2.01. The van der Waals surface area contributed by atoms with Gasteiger partial charge in [-0.3, -0.25) is 0 Å². The third-order valence-corrected chi connectivity index (χ3v) is 0.896. The SMILES string of the molecule is [NH3+]CCOCCOCCO. The average Bonchev–Trinajstić information content (AvgIpc) is 1.97. The monoisotopic (exact) mass is 150 g/mol. The molecule has 4 heteroatoms. The van der Waals surface area contributed by atoms with Gasteiger partial charge in [-0.2, -0.15) is 0 Å². The fraction of sp³-hybridized carbons (Fsp3) is 1.00. The molecule has 0 rings (SSSR count). The highest BCUT2D eigenvalue weighted by atomic mass is 16.5. The van der Waals surface area contributed by atoms with Gasteiger partial charge in [-0.1, -0.05) is 0 Å². The molecule has 0 bridgehead atoms. The Hall–Kier alpha value is -0.160. The molecule has 0 aromatic rings. The number of hydrogen-bond donors (Lipinski definition) is 2. The van der Waals surface area contributed by atoms with Crippen molar-refractivity contribution in [2.45, 2.75) is 0 Å². The van der Waals surface area contributed by atoms with Crippen LogP contribution in [0.25, 0.3) is 0 Å². The van der Waals surface area contributed by atoms with Gasteiger partial charge in [0.25, 0.3) is 0 Å². The summed E-state index contributed by atoms with van der Waals surface area (Å²) in [7, 11) is 0. The van der Waals surface area contributed by atoms with Crippen LogP contribution in [0.1, 0.15) is 0 Å². The molecule has 10 heavy (non-hydrogen) atoms. The molecule has 4 nitrogen and oxygen atoms in total. The molecule has 0 aromatic heterocycles. The molecule has 0 amide bonds. The Bertz CT molecular complexity index is 53.0. The van der Waals surface area contributed by atoms with E-state index in [9.17, 15) is 0 Å². The second-order valence-corrected chi connectivity index (χ2v) is 1.80. The molecule has 0 aliphatic rings. The van der Waals surface area contributed by atoms with Crippen molar-refractivity contribution in [2.24, 2.45) is 0 Å². The van der Waals surface area contributed by atoms with E-state index in [1.54, 1.807) is 0 Å². The first kappa shape index (κ1) is 9.84. The van der Waals surface area contributed by atoms with Gasteiger partial charge in [-0.05, 0) is 0 Å². The third kappa shape index (κ3) is 7.84. The second kappa shape index (κ2) is 8.84. The number of hydrogen-bond acceptors (Lipinski definition) is 3. The maximum atomic E-state index is 8.29. The first-order chi connectivity index (χ1) is 4.91. The predicted molar refractivity (Wildman–Crippen MR) is 36.5 cm³/mol. The van der Waals surface area contributed by atoms with Crippen LogP contribution in [0.2, 0.25) is 0 Å². The van der Waals surface area contributed by atoms with E-state index in [0.717, 1.165) is 6.54 Å². The predicted octanol–water partition coefficient (Wildman–Crippen LogP) is -1.75. The van der Waals surface area contributed by atoms with Gasteiger partial charge in [0.05, 0.1) is 39.6 Å². The molecule has 0 aliphatic heterocycles. The fourth-order valence-corrected chi connectivity index (χ4v) is 0.489. The molecule has 0 saturated heterocycles. The van der Waals surface area contributed by atoms with Gasteiger partial charge in [0.2, 0.25) is 0 Å². The van der Waals surface area contributed by atoms with Crippen LogP contribution in [0.5, 0.6) is 0 Å². The summed E-state index contributed by atoms with van der Waals surface area (Å²) in [6.07, 6.45) is 0. The summed E-state index contributed by atoms with van der Waals surface area (Å²) in [4.78, 5) is 0. The van der Waals surface area contributed by atoms with E-state index in [0.29, 0.717) is 26.4 Å². The van der Waals surface area contributed by atoms with Crippen molar-refractivity contribution in [2.75, 3.05) is 39.6 Å². The van der Waals surface area contributed by atoms with Crippen LogP contribution < -0.4 is 5.73 Å². The lowest BCUT2D eigenvalue weighted by Crippen LogP contribution is -2.52. The molecule has 0 saturated carbocycles. The van der Waals surface area contributed by atoms with Crippen LogP contribution in [0.15, 0.2) is 0 Å². The first-order valence-electron chi connectivity index (χ1n) is 3.47. The molecule has 0 atom stereocenters. The van der Waals surface area contributed by atoms with E-state index in [2.05, 4.69) is 5.73 Å². The number of quaternary nitrogens is 1. The minimum absolute atomic E-state index is 0.0787. The minimum atomic E-state index is 0.0787. The van der Waals surface area contributed by atoms with E-state index >= 15 is 0 Å². The van der Waals surface area contributed by atoms with E-state index in [1.165, 1.54) is 0 Å². The van der Waals surface area contributed by atoms with E-state index in [1.807, 2.05) is 0 Å². The summed E-state index contributed by atoms with van der Waals surface area (Å²) in [6, 6.07) is 0. The molecule has 4 N–H and O–H groups in total. The Labute approximate surface area is 60.9 Å². The number of aliphatic hydroxyl groups is 1. The normalized spacial score (nSPS) is 10.2. The molecule has 0 spiro atoms. The molecule has 0 fully saturated rings. The molecule has 0 heterocycles. The van der Waals surface area contributed by atoms with Gasteiger partial charge < -0.3 is 20.3 Å². The lowest BCUT2D eigenvalue weighted by atomic mass is 10.7. The van der Waals surface area contributed by atoms with Gasteiger partial charge >= 0.3 is 0 Å². The summed E-state index contributed by atoms with van der Waals surface area (Å²) in [6.45, 7) is 3.10. The molecule has 0 aliphatic carbocycles. The van der Waals surface area contributed by atoms with Crippen molar-refractivity contribution < 1.29 is 20.3 Å². The van der Waals surface area contributed by atoms with Crippen LogP contribution in [0.3, 0.4) is 0 Å². The average molecular weight is 150 g/mol. The summed E-state index contributed by atoms with van der Waals surface area (Å²) in [5.74, 6) is 0. The number of aliphatic hydroxyl groups excluding tert-OH is 1. The number of rotatable bonds is 7. The molecular weight excluding hydrogens is 134 g/mol. The zero-order valence-electron chi connectivity index (χ0n) is 6.21. The Morgan fingerprint density at radius 2 is 1.60 bits per heavy atom. The minimum Gasteiger partial charge on any atom is -0.394 e. The highest BCUT2D eigenvalue weighted by Gasteiger charge is 1.87. The summed E-state index contributed by atoms with van der Waals surface area (Å²) in [5, 5.41) is 8.29. The van der Waals surface area contributed by atoms with Crippen molar-refractivity contribution in [3.63, 3.8) is 0 Å². The van der Waals surface area contributed by atoms with Crippen molar-refractivity contribution in [3.8, 4) is 0 Å². The van der Waals surface area contributed by atoms with Gasteiger partial charge in [-0.25, -0.2) is 0 Å². The van der Waals surface area contributed by atoms with Crippen LogP contribution in [-0.4, -0.2) is 44.7 Å². The highest BCUT2D eigenvalue weighted by Crippen LogP contribution is 1.75. The summed E-state index contributed by atoms with van der Waals surface area (Å²) < 4.78 is 9.99. The van der Waals surface area contributed by atoms with E-state index < -0.39 is 0 Å². The van der Waals surface area contributed by atoms with Gasteiger partial charge in [0.1, 0.15) is 0 Å². The van der Waals surface area contributed by atoms with E-state index in [-0.39, 0.29) is 6.61 Å². The smallest absolute Gasteiger partial charge is 0.0977 e. The Kier molecular flexibility index (Phi) is 8.70. The number of ether oxygens (including phenoxy) is 2. The van der Waals surface area contributed by atoms with E-state index in [4.69, 9.17) is 14.6 Å². The van der Waals surface area contributed by atoms with Crippen LogP contribution in [0.4, 0.5) is 0 Å². The molecular formula is C6H16NO3+.